The number of hydrogen-bond acceptors (Lipinski definition) is 3. The van der Waals surface area contributed by atoms with Crippen molar-refractivity contribution in [1.29, 1.82) is 0 Å². The number of hydrogen-bond donors (Lipinski definition) is 2. The molecule has 0 radical (unpaired) electrons. The summed E-state index contributed by atoms with van der Waals surface area (Å²) in [5.41, 5.74) is 0. The van der Waals surface area contributed by atoms with E-state index in [9.17, 15) is 9.59 Å². The highest BCUT2D eigenvalue weighted by Gasteiger charge is 2.34. The molecule has 2 N–H and O–H groups in total. The standard InChI is InChI=1S/C10H18N2O4/c1-7(6-16-2)11-10(15)12(5-9(13)14)8-3-4-8/h7-8H,3-6H2,1-2H3,(H,11,15)(H,13,14). The average molecular weight is 230 g/mol. The number of aliphatic carboxylic acids is 1. The third kappa shape index (κ3) is 4.06. The molecule has 6 heteroatoms. The van der Waals surface area contributed by atoms with E-state index in [2.05, 4.69) is 5.32 Å². The summed E-state index contributed by atoms with van der Waals surface area (Å²) in [5, 5.41) is 11.4. The van der Waals surface area contributed by atoms with E-state index in [1.807, 2.05) is 6.92 Å². The van der Waals surface area contributed by atoms with Gasteiger partial charge in [0.25, 0.3) is 0 Å². The van der Waals surface area contributed by atoms with E-state index in [-0.39, 0.29) is 24.7 Å². The minimum absolute atomic E-state index is 0.0887. The van der Waals surface area contributed by atoms with Gasteiger partial charge in [0.2, 0.25) is 0 Å². The zero-order chi connectivity index (χ0) is 12.1. The fourth-order valence-electron chi connectivity index (χ4n) is 1.48. The van der Waals surface area contributed by atoms with Gasteiger partial charge >= 0.3 is 12.0 Å². The maximum absolute atomic E-state index is 11.7. The molecule has 0 saturated heterocycles. The molecule has 0 aliphatic heterocycles. The largest absolute Gasteiger partial charge is 0.480 e. The summed E-state index contributed by atoms with van der Waals surface area (Å²) in [4.78, 5) is 23.7. The number of rotatable bonds is 6. The Morgan fingerprint density at radius 1 is 1.56 bits per heavy atom. The summed E-state index contributed by atoms with van der Waals surface area (Å²) in [5.74, 6) is -0.985. The maximum Gasteiger partial charge on any atom is 0.323 e. The van der Waals surface area contributed by atoms with Crippen LogP contribution in [0.3, 0.4) is 0 Å². The van der Waals surface area contributed by atoms with Crippen LogP contribution >= 0.6 is 0 Å². The smallest absolute Gasteiger partial charge is 0.323 e. The van der Waals surface area contributed by atoms with Gasteiger partial charge in [0.05, 0.1) is 12.6 Å². The average Bonchev–Trinajstić information content (AvgIpc) is 2.97. The summed E-state index contributed by atoms with van der Waals surface area (Å²) < 4.78 is 4.89. The van der Waals surface area contributed by atoms with Gasteiger partial charge in [0, 0.05) is 13.2 Å². The number of methoxy groups -OCH3 is 1. The predicted molar refractivity (Wildman–Crippen MR) is 57.2 cm³/mol. The van der Waals surface area contributed by atoms with Gasteiger partial charge in [-0.3, -0.25) is 4.79 Å². The number of carbonyl (C=O) groups excluding carboxylic acids is 1. The van der Waals surface area contributed by atoms with Crippen LogP contribution in [0.2, 0.25) is 0 Å². The number of nitrogens with one attached hydrogen (secondary N) is 1. The van der Waals surface area contributed by atoms with Crippen molar-refractivity contribution in [2.75, 3.05) is 20.3 Å². The number of ether oxygens (including phenoxy) is 1. The Labute approximate surface area is 94.6 Å². The van der Waals surface area contributed by atoms with Gasteiger partial charge in [-0.15, -0.1) is 0 Å². The van der Waals surface area contributed by atoms with Crippen molar-refractivity contribution in [3.05, 3.63) is 0 Å². The molecule has 6 nitrogen and oxygen atoms in total. The second-order valence-electron chi connectivity index (χ2n) is 4.06. The van der Waals surface area contributed by atoms with Crippen LogP contribution in [-0.2, 0) is 9.53 Å². The number of amides is 2. The number of urea groups is 1. The van der Waals surface area contributed by atoms with Crippen molar-refractivity contribution in [1.82, 2.24) is 10.2 Å². The number of nitrogens with zero attached hydrogens (tertiary/aromatic N) is 1. The maximum atomic E-state index is 11.7. The molecule has 2 amide bonds. The van der Waals surface area contributed by atoms with E-state index >= 15 is 0 Å². The molecule has 1 saturated carbocycles. The van der Waals surface area contributed by atoms with Crippen molar-refractivity contribution in [2.45, 2.75) is 31.8 Å². The second kappa shape index (κ2) is 5.69. The first-order chi connectivity index (χ1) is 7.54. The fourth-order valence-corrected chi connectivity index (χ4v) is 1.48. The van der Waals surface area contributed by atoms with Gasteiger partial charge in [-0.05, 0) is 19.8 Å². The molecule has 1 fully saturated rings. The number of carbonyl (C=O) groups is 2. The SMILES string of the molecule is COCC(C)NC(=O)N(CC(=O)O)C1CC1. The van der Waals surface area contributed by atoms with Crippen LogP contribution in [-0.4, -0.2) is 54.4 Å². The molecular formula is C10H18N2O4. The highest BCUT2D eigenvalue weighted by molar-refractivity contribution is 5.80. The zero-order valence-electron chi connectivity index (χ0n) is 9.60. The molecule has 92 valence electrons. The molecule has 1 atom stereocenters. The van der Waals surface area contributed by atoms with Gasteiger partial charge in [-0.25, -0.2) is 4.79 Å². The van der Waals surface area contributed by atoms with Gasteiger partial charge in [0.15, 0.2) is 0 Å². The summed E-state index contributed by atoms with van der Waals surface area (Å²) in [6.45, 7) is 1.99. The van der Waals surface area contributed by atoms with E-state index in [4.69, 9.17) is 9.84 Å². The first-order valence-corrected chi connectivity index (χ1v) is 5.32. The molecule has 0 spiro atoms. The van der Waals surface area contributed by atoms with E-state index in [1.165, 1.54) is 4.90 Å². The third-order valence-electron chi connectivity index (χ3n) is 2.34. The Balaban J connectivity index is 2.44. The van der Waals surface area contributed by atoms with Gasteiger partial charge in [-0.2, -0.15) is 0 Å². The zero-order valence-corrected chi connectivity index (χ0v) is 9.60. The fraction of sp³-hybridized carbons (Fsp3) is 0.800. The lowest BCUT2D eigenvalue weighted by Gasteiger charge is -2.23. The van der Waals surface area contributed by atoms with Crippen LogP contribution < -0.4 is 5.32 Å². The van der Waals surface area contributed by atoms with E-state index in [0.29, 0.717) is 6.61 Å². The minimum Gasteiger partial charge on any atom is -0.480 e. The van der Waals surface area contributed by atoms with Crippen LogP contribution in [0.15, 0.2) is 0 Å². The molecule has 0 heterocycles. The lowest BCUT2D eigenvalue weighted by atomic mass is 10.3. The molecule has 1 aliphatic carbocycles. The van der Waals surface area contributed by atoms with Crippen LogP contribution in [0, 0.1) is 0 Å². The first kappa shape index (κ1) is 12.8. The van der Waals surface area contributed by atoms with E-state index < -0.39 is 5.97 Å². The van der Waals surface area contributed by atoms with Crippen LogP contribution in [0.1, 0.15) is 19.8 Å². The molecule has 16 heavy (non-hydrogen) atoms. The predicted octanol–water partition coefficient (Wildman–Crippen LogP) is 0.280. The quantitative estimate of drug-likeness (QED) is 0.687. The highest BCUT2D eigenvalue weighted by atomic mass is 16.5. The lowest BCUT2D eigenvalue weighted by molar-refractivity contribution is -0.137. The molecule has 1 aliphatic rings. The first-order valence-electron chi connectivity index (χ1n) is 5.32. The monoisotopic (exact) mass is 230 g/mol. The number of carboxylic acids is 1. The highest BCUT2D eigenvalue weighted by Crippen LogP contribution is 2.26. The minimum atomic E-state index is -0.985. The summed E-state index contributed by atoms with van der Waals surface area (Å²) in [6.07, 6.45) is 1.78. The van der Waals surface area contributed by atoms with Crippen molar-refractivity contribution >= 4 is 12.0 Å². The molecule has 1 unspecified atom stereocenters. The molecule has 1 rings (SSSR count). The molecule has 0 aromatic carbocycles. The van der Waals surface area contributed by atoms with Gasteiger partial charge in [0.1, 0.15) is 6.54 Å². The topological polar surface area (TPSA) is 78.9 Å². The Bertz CT molecular complexity index is 266. The third-order valence-corrected chi connectivity index (χ3v) is 2.34. The van der Waals surface area contributed by atoms with Crippen molar-refractivity contribution < 1.29 is 19.4 Å². The molecular weight excluding hydrogens is 212 g/mol. The molecule has 0 bridgehead atoms. The summed E-state index contributed by atoms with van der Waals surface area (Å²) in [6, 6.07) is -0.354. The Morgan fingerprint density at radius 3 is 2.62 bits per heavy atom. The van der Waals surface area contributed by atoms with Gasteiger partial charge in [-0.1, -0.05) is 0 Å². The van der Waals surface area contributed by atoms with Crippen molar-refractivity contribution in [3.63, 3.8) is 0 Å². The van der Waals surface area contributed by atoms with Crippen LogP contribution in [0.5, 0.6) is 0 Å². The van der Waals surface area contributed by atoms with Crippen molar-refractivity contribution in [2.24, 2.45) is 0 Å². The molecule has 0 aromatic rings. The number of carboxylic acid groups (broad SMARTS) is 1. The lowest BCUT2D eigenvalue weighted by Crippen LogP contribution is -2.48. The normalized spacial score (nSPS) is 16.6. The molecule has 0 aromatic heterocycles. The Hall–Kier alpha value is -1.30. The summed E-state index contributed by atoms with van der Waals surface area (Å²) >= 11 is 0. The Kier molecular flexibility index (Phi) is 4.54. The van der Waals surface area contributed by atoms with Crippen LogP contribution in [0.25, 0.3) is 0 Å². The Morgan fingerprint density at radius 2 is 2.19 bits per heavy atom. The summed E-state index contributed by atoms with van der Waals surface area (Å²) in [7, 11) is 1.55. The van der Waals surface area contributed by atoms with E-state index in [0.717, 1.165) is 12.8 Å². The second-order valence-corrected chi connectivity index (χ2v) is 4.06. The van der Waals surface area contributed by atoms with Crippen LogP contribution in [0.4, 0.5) is 4.79 Å². The van der Waals surface area contributed by atoms with Gasteiger partial charge < -0.3 is 20.1 Å². The van der Waals surface area contributed by atoms with E-state index in [1.54, 1.807) is 7.11 Å². The van der Waals surface area contributed by atoms with Crippen molar-refractivity contribution in [3.8, 4) is 0 Å².